The van der Waals surface area contributed by atoms with Gasteiger partial charge in [0.05, 0.1) is 19.1 Å². The van der Waals surface area contributed by atoms with Crippen molar-refractivity contribution in [3.8, 4) is 0 Å². The van der Waals surface area contributed by atoms with Gasteiger partial charge in [-0.3, -0.25) is 9.69 Å². The van der Waals surface area contributed by atoms with Crippen molar-refractivity contribution >= 4 is 12.0 Å². The van der Waals surface area contributed by atoms with Gasteiger partial charge in [0, 0.05) is 12.6 Å². The van der Waals surface area contributed by atoms with E-state index in [0.29, 0.717) is 19.1 Å². The molecule has 0 radical (unpaired) electrons. The topological polar surface area (TPSA) is 61.9 Å². The first kappa shape index (κ1) is 17.3. The van der Waals surface area contributed by atoms with Gasteiger partial charge in [-0.15, -0.1) is 0 Å². The van der Waals surface area contributed by atoms with Crippen LogP contribution >= 0.6 is 0 Å². The summed E-state index contributed by atoms with van der Waals surface area (Å²) in [6.07, 6.45) is 3.62. The molecule has 0 spiro atoms. The van der Waals surface area contributed by atoms with Crippen LogP contribution in [0.15, 0.2) is 24.3 Å². The third kappa shape index (κ3) is 3.85. The molecule has 6 heteroatoms. The van der Waals surface area contributed by atoms with Gasteiger partial charge in [-0.25, -0.2) is 4.79 Å². The molecule has 26 heavy (non-hydrogen) atoms. The van der Waals surface area contributed by atoms with Gasteiger partial charge in [-0.2, -0.15) is 0 Å². The predicted molar refractivity (Wildman–Crippen MR) is 97.6 cm³/mol. The maximum atomic E-state index is 12.7. The van der Waals surface area contributed by atoms with E-state index in [1.54, 1.807) is 4.90 Å². The molecule has 2 aliphatic heterocycles. The Hall–Kier alpha value is -2.08. The smallest absolute Gasteiger partial charge is 0.410 e. The molecule has 1 aliphatic carbocycles. The number of likely N-dealkylation sites (tertiary alicyclic amines) is 1. The highest BCUT2D eigenvalue weighted by atomic mass is 16.6. The van der Waals surface area contributed by atoms with Crippen molar-refractivity contribution in [1.29, 1.82) is 0 Å². The third-order valence-electron chi connectivity index (χ3n) is 5.53. The van der Waals surface area contributed by atoms with E-state index in [0.717, 1.165) is 38.8 Å². The van der Waals surface area contributed by atoms with E-state index >= 15 is 0 Å². The predicted octanol–water partition coefficient (Wildman–Crippen LogP) is 2.06. The highest BCUT2D eigenvalue weighted by molar-refractivity contribution is 5.82. The van der Waals surface area contributed by atoms with Crippen LogP contribution < -0.4 is 5.32 Å². The standard InChI is InChI=1S/C20H27N3O3/c1-14-4-2-5-15(10-14)12-22-9-3-6-18(22)19(24)21-11-17-13-23(16-7-8-16)20(25)26-17/h2,4-5,10,16-18H,3,6-9,11-13H2,1H3,(H,21,24). The SMILES string of the molecule is Cc1cccc(CN2CCCC2C(=O)NCC2CN(C3CC3)C(=O)O2)c1. The van der Waals surface area contributed by atoms with E-state index in [1.165, 1.54) is 11.1 Å². The summed E-state index contributed by atoms with van der Waals surface area (Å²) in [5.41, 5.74) is 2.49. The van der Waals surface area contributed by atoms with Gasteiger partial charge in [0.2, 0.25) is 5.91 Å². The Bertz CT molecular complexity index is 689. The molecule has 6 nitrogen and oxygen atoms in total. The Balaban J connectivity index is 1.29. The van der Waals surface area contributed by atoms with Crippen molar-refractivity contribution in [3.05, 3.63) is 35.4 Å². The first-order valence-electron chi connectivity index (χ1n) is 9.65. The molecule has 1 saturated carbocycles. The van der Waals surface area contributed by atoms with E-state index in [1.807, 2.05) is 0 Å². The van der Waals surface area contributed by atoms with Gasteiger partial charge in [0.15, 0.2) is 0 Å². The number of cyclic esters (lactones) is 1. The number of benzene rings is 1. The Morgan fingerprint density at radius 2 is 2.15 bits per heavy atom. The third-order valence-corrected chi connectivity index (χ3v) is 5.53. The molecule has 2 heterocycles. The fraction of sp³-hybridized carbons (Fsp3) is 0.600. The van der Waals surface area contributed by atoms with Crippen molar-refractivity contribution in [2.75, 3.05) is 19.6 Å². The highest BCUT2D eigenvalue weighted by Gasteiger charge is 2.41. The summed E-state index contributed by atoms with van der Waals surface area (Å²) in [5.74, 6) is 0.0519. The summed E-state index contributed by atoms with van der Waals surface area (Å²) in [7, 11) is 0. The largest absolute Gasteiger partial charge is 0.442 e. The second-order valence-corrected chi connectivity index (χ2v) is 7.75. The fourth-order valence-corrected chi connectivity index (χ4v) is 4.02. The van der Waals surface area contributed by atoms with Crippen LogP contribution in [0, 0.1) is 6.92 Å². The number of hydrogen-bond donors (Lipinski definition) is 1. The highest BCUT2D eigenvalue weighted by Crippen LogP contribution is 2.30. The Kier molecular flexibility index (Phi) is 4.85. The van der Waals surface area contributed by atoms with Crippen LogP contribution in [0.2, 0.25) is 0 Å². The summed E-state index contributed by atoms with van der Waals surface area (Å²) in [6.45, 7) is 4.84. The van der Waals surface area contributed by atoms with Gasteiger partial charge in [0.25, 0.3) is 0 Å². The molecule has 3 fully saturated rings. The summed E-state index contributed by atoms with van der Waals surface area (Å²) >= 11 is 0. The molecular weight excluding hydrogens is 330 g/mol. The molecule has 2 saturated heterocycles. The molecule has 2 atom stereocenters. The van der Waals surface area contributed by atoms with Crippen molar-refractivity contribution in [2.24, 2.45) is 0 Å². The summed E-state index contributed by atoms with van der Waals surface area (Å²) in [4.78, 5) is 28.6. The quantitative estimate of drug-likeness (QED) is 0.847. The van der Waals surface area contributed by atoms with Crippen LogP contribution in [-0.2, 0) is 16.1 Å². The molecule has 3 aliphatic rings. The lowest BCUT2D eigenvalue weighted by molar-refractivity contribution is -0.126. The Morgan fingerprint density at radius 3 is 2.92 bits per heavy atom. The minimum Gasteiger partial charge on any atom is -0.442 e. The van der Waals surface area contributed by atoms with Gasteiger partial charge in [-0.05, 0) is 44.7 Å². The second-order valence-electron chi connectivity index (χ2n) is 7.75. The number of nitrogens with zero attached hydrogens (tertiary/aromatic N) is 2. The molecule has 140 valence electrons. The van der Waals surface area contributed by atoms with E-state index in [9.17, 15) is 9.59 Å². The van der Waals surface area contributed by atoms with Crippen molar-refractivity contribution in [2.45, 2.75) is 57.3 Å². The lowest BCUT2D eigenvalue weighted by Gasteiger charge is -2.24. The maximum absolute atomic E-state index is 12.7. The van der Waals surface area contributed by atoms with Crippen LogP contribution in [-0.4, -0.2) is 59.6 Å². The average molecular weight is 357 g/mol. The molecule has 1 N–H and O–H groups in total. The van der Waals surface area contributed by atoms with Crippen molar-refractivity contribution in [3.63, 3.8) is 0 Å². The van der Waals surface area contributed by atoms with Crippen LogP contribution in [0.4, 0.5) is 4.79 Å². The lowest BCUT2D eigenvalue weighted by atomic mass is 10.1. The molecular formula is C20H27N3O3. The first-order valence-corrected chi connectivity index (χ1v) is 9.65. The zero-order valence-corrected chi connectivity index (χ0v) is 15.3. The number of carbonyl (C=O) groups is 2. The Morgan fingerprint density at radius 1 is 1.31 bits per heavy atom. The van der Waals surface area contributed by atoms with Crippen LogP contribution in [0.25, 0.3) is 0 Å². The monoisotopic (exact) mass is 357 g/mol. The zero-order valence-electron chi connectivity index (χ0n) is 15.3. The van der Waals surface area contributed by atoms with Gasteiger partial charge < -0.3 is 15.0 Å². The van der Waals surface area contributed by atoms with Crippen LogP contribution in [0.5, 0.6) is 0 Å². The van der Waals surface area contributed by atoms with E-state index < -0.39 is 0 Å². The van der Waals surface area contributed by atoms with Crippen molar-refractivity contribution in [1.82, 2.24) is 15.1 Å². The molecule has 2 unspecified atom stereocenters. The average Bonchev–Trinajstić information content (AvgIpc) is 3.24. The maximum Gasteiger partial charge on any atom is 0.410 e. The van der Waals surface area contributed by atoms with Crippen molar-refractivity contribution < 1.29 is 14.3 Å². The van der Waals surface area contributed by atoms with E-state index in [-0.39, 0.29) is 24.1 Å². The molecule has 4 rings (SSSR count). The number of amides is 2. The number of nitrogens with one attached hydrogen (secondary N) is 1. The zero-order chi connectivity index (χ0) is 18.1. The number of ether oxygens (including phenoxy) is 1. The Labute approximate surface area is 154 Å². The summed E-state index contributed by atoms with van der Waals surface area (Å²) in [5, 5.41) is 3.01. The molecule has 1 aromatic carbocycles. The first-order chi connectivity index (χ1) is 12.6. The van der Waals surface area contributed by atoms with Gasteiger partial charge >= 0.3 is 6.09 Å². The number of aryl methyl sites for hydroxylation is 1. The minimum absolute atomic E-state index is 0.0519. The number of hydrogen-bond acceptors (Lipinski definition) is 4. The molecule has 2 amide bonds. The lowest BCUT2D eigenvalue weighted by Crippen LogP contribution is -2.45. The summed E-state index contributed by atoms with van der Waals surface area (Å²) in [6, 6.07) is 8.72. The number of rotatable bonds is 6. The molecule has 0 aromatic heterocycles. The summed E-state index contributed by atoms with van der Waals surface area (Å²) < 4.78 is 5.38. The molecule has 0 bridgehead atoms. The normalized spacial score (nSPS) is 26.2. The number of carbonyl (C=O) groups excluding carboxylic acids is 2. The second kappa shape index (κ2) is 7.27. The van der Waals surface area contributed by atoms with E-state index in [4.69, 9.17) is 4.74 Å². The van der Waals surface area contributed by atoms with Crippen LogP contribution in [0.1, 0.15) is 36.8 Å². The molecule has 1 aromatic rings. The fourth-order valence-electron chi connectivity index (χ4n) is 4.02. The van der Waals surface area contributed by atoms with Gasteiger partial charge in [-0.1, -0.05) is 29.8 Å². The van der Waals surface area contributed by atoms with E-state index in [2.05, 4.69) is 41.4 Å². The van der Waals surface area contributed by atoms with Crippen LogP contribution in [0.3, 0.4) is 0 Å². The van der Waals surface area contributed by atoms with Gasteiger partial charge in [0.1, 0.15) is 6.10 Å². The minimum atomic E-state index is -0.228.